The third kappa shape index (κ3) is 4.70. The van der Waals surface area contributed by atoms with Gasteiger partial charge in [0.25, 0.3) is 0 Å². The van der Waals surface area contributed by atoms with Gasteiger partial charge in [-0.2, -0.15) is 0 Å². The number of hydrogen-bond acceptors (Lipinski definition) is 2. The third-order valence-electron chi connectivity index (χ3n) is 4.65. The molecule has 1 aliphatic heterocycles. The van der Waals surface area contributed by atoms with Gasteiger partial charge in [0.05, 0.1) is 0 Å². The number of carbonyl (C=O) groups is 1. The number of fused-ring (bicyclic) bond motifs is 1. The highest BCUT2D eigenvalue weighted by Crippen LogP contribution is 2.33. The van der Waals surface area contributed by atoms with Crippen LogP contribution in [0.25, 0.3) is 0 Å². The molecule has 0 saturated carbocycles. The zero-order valence-corrected chi connectivity index (χ0v) is 15.1. The van der Waals surface area contributed by atoms with E-state index in [0.717, 1.165) is 41.9 Å². The van der Waals surface area contributed by atoms with Gasteiger partial charge in [0.15, 0.2) is 5.78 Å². The molecule has 0 radical (unpaired) electrons. The van der Waals surface area contributed by atoms with Gasteiger partial charge in [0.2, 0.25) is 0 Å². The van der Waals surface area contributed by atoms with E-state index < -0.39 is 0 Å². The monoisotopic (exact) mass is 314 g/mol. The van der Waals surface area contributed by atoms with Crippen molar-refractivity contribution in [1.82, 2.24) is 0 Å². The van der Waals surface area contributed by atoms with Gasteiger partial charge in [-0.1, -0.05) is 58.6 Å². The molecule has 0 atom stereocenters. The van der Waals surface area contributed by atoms with Crippen molar-refractivity contribution >= 4 is 5.78 Å². The minimum absolute atomic E-state index is 0.264. The molecule has 2 nitrogen and oxygen atoms in total. The van der Waals surface area contributed by atoms with Crippen LogP contribution in [-0.4, -0.2) is 5.78 Å². The molecular formula is C21H30O2. The van der Waals surface area contributed by atoms with Gasteiger partial charge in [0, 0.05) is 18.4 Å². The van der Waals surface area contributed by atoms with Gasteiger partial charge in [-0.05, 0) is 36.5 Å². The maximum atomic E-state index is 12.5. The maximum absolute atomic E-state index is 12.5. The summed E-state index contributed by atoms with van der Waals surface area (Å²) in [6, 6.07) is 6.36. The van der Waals surface area contributed by atoms with Crippen LogP contribution in [0.1, 0.15) is 83.3 Å². The molecule has 126 valence electrons. The lowest BCUT2D eigenvalue weighted by molar-refractivity contribution is -0.116. The molecule has 1 aliphatic rings. The van der Waals surface area contributed by atoms with Crippen molar-refractivity contribution in [3.8, 4) is 5.75 Å². The number of carbonyl (C=O) groups excluding carboxylic acids is 1. The van der Waals surface area contributed by atoms with E-state index in [1.54, 1.807) is 0 Å². The summed E-state index contributed by atoms with van der Waals surface area (Å²) in [5.41, 5.74) is 3.32. The first-order chi connectivity index (χ1) is 11.0. The van der Waals surface area contributed by atoms with E-state index in [9.17, 15) is 4.79 Å². The van der Waals surface area contributed by atoms with E-state index in [1.165, 1.54) is 24.8 Å². The maximum Gasteiger partial charge on any atom is 0.162 e. The van der Waals surface area contributed by atoms with E-state index in [1.807, 2.05) is 13.0 Å². The summed E-state index contributed by atoms with van der Waals surface area (Å²) in [4.78, 5) is 12.5. The number of Topliss-reactive ketones (excluding diaryl/α,β-unsaturated/α-hetero) is 1. The Balaban J connectivity index is 2.00. The lowest BCUT2D eigenvalue weighted by Gasteiger charge is -2.22. The lowest BCUT2D eigenvalue weighted by Crippen LogP contribution is -2.16. The topological polar surface area (TPSA) is 26.3 Å². The van der Waals surface area contributed by atoms with Crippen LogP contribution in [0, 0.1) is 0 Å². The summed E-state index contributed by atoms with van der Waals surface area (Å²) in [6.45, 7) is 8.51. The van der Waals surface area contributed by atoms with E-state index >= 15 is 0 Å². The quantitative estimate of drug-likeness (QED) is 0.554. The summed E-state index contributed by atoms with van der Waals surface area (Å²) in [5.74, 6) is 2.45. The first kappa shape index (κ1) is 17.8. The number of rotatable bonds is 8. The highest BCUT2D eigenvalue weighted by atomic mass is 16.5. The Labute approximate surface area is 140 Å². The van der Waals surface area contributed by atoms with Crippen molar-refractivity contribution in [2.45, 2.75) is 78.6 Å². The summed E-state index contributed by atoms with van der Waals surface area (Å²) in [6.07, 6.45) is 7.26. The Bertz CT molecular complexity index is 582. The van der Waals surface area contributed by atoms with Crippen LogP contribution < -0.4 is 4.74 Å². The molecule has 0 fully saturated rings. The van der Waals surface area contributed by atoms with Crippen molar-refractivity contribution in [1.29, 1.82) is 0 Å². The van der Waals surface area contributed by atoms with Crippen molar-refractivity contribution in [2.24, 2.45) is 0 Å². The molecule has 1 aromatic rings. The molecular weight excluding hydrogens is 284 g/mol. The van der Waals surface area contributed by atoms with Crippen LogP contribution in [0.3, 0.4) is 0 Å². The molecule has 0 amide bonds. The Morgan fingerprint density at radius 2 is 1.91 bits per heavy atom. The first-order valence-corrected chi connectivity index (χ1v) is 9.06. The Morgan fingerprint density at radius 3 is 2.61 bits per heavy atom. The molecule has 0 aliphatic carbocycles. The second-order valence-corrected chi connectivity index (χ2v) is 6.92. The fraction of sp³-hybridized carbons (Fsp3) is 0.571. The van der Waals surface area contributed by atoms with Crippen molar-refractivity contribution in [3.63, 3.8) is 0 Å². The molecule has 0 spiro atoms. The predicted molar refractivity (Wildman–Crippen MR) is 95.9 cm³/mol. The highest BCUT2D eigenvalue weighted by molar-refractivity contribution is 5.96. The normalized spacial score (nSPS) is 14.0. The summed E-state index contributed by atoms with van der Waals surface area (Å²) in [7, 11) is 0. The van der Waals surface area contributed by atoms with Crippen molar-refractivity contribution in [3.05, 3.63) is 40.7 Å². The van der Waals surface area contributed by atoms with Crippen LogP contribution in [0.4, 0.5) is 0 Å². The van der Waals surface area contributed by atoms with E-state index in [0.29, 0.717) is 12.3 Å². The van der Waals surface area contributed by atoms with E-state index in [-0.39, 0.29) is 5.78 Å². The molecule has 2 heteroatoms. The van der Waals surface area contributed by atoms with Gasteiger partial charge < -0.3 is 4.74 Å². The van der Waals surface area contributed by atoms with Crippen LogP contribution in [0.5, 0.6) is 5.75 Å². The summed E-state index contributed by atoms with van der Waals surface area (Å²) < 4.78 is 5.90. The standard InChI is InChI=1S/C21H30O2/c1-5-6-7-8-9-10-20(22)19-14-18-13-17(15(2)3)11-12-21(18)23-16(19)4/h11-13,15H,5-10,14H2,1-4H3. The molecule has 2 rings (SSSR count). The average Bonchev–Trinajstić information content (AvgIpc) is 2.53. The molecule has 23 heavy (non-hydrogen) atoms. The average molecular weight is 314 g/mol. The van der Waals surface area contributed by atoms with Crippen LogP contribution in [0.2, 0.25) is 0 Å². The zero-order chi connectivity index (χ0) is 16.8. The van der Waals surface area contributed by atoms with Crippen LogP contribution in [-0.2, 0) is 11.2 Å². The third-order valence-corrected chi connectivity index (χ3v) is 4.65. The number of benzene rings is 1. The Hall–Kier alpha value is -1.57. The molecule has 1 heterocycles. The molecule has 1 aromatic carbocycles. The summed E-state index contributed by atoms with van der Waals surface area (Å²) in [5, 5.41) is 0. The SMILES string of the molecule is CCCCCCCC(=O)C1=C(C)Oc2ccc(C(C)C)cc2C1. The van der Waals surface area contributed by atoms with Gasteiger partial charge in [-0.15, -0.1) is 0 Å². The van der Waals surface area contributed by atoms with E-state index in [4.69, 9.17) is 4.74 Å². The van der Waals surface area contributed by atoms with Crippen LogP contribution in [0.15, 0.2) is 29.5 Å². The molecule has 0 bridgehead atoms. The smallest absolute Gasteiger partial charge is 0.162 e. The number of ketones is 1. The highest BCUT2D eigenvalue weighted by Gasteiger charge is 2.22. The largest absolute Gasteiger partial charge is 0.461 e. The number of ether oxygens (including phenoxy) is 1. The second kappa shape index (κ2) is 8.33. The molecule has 0 unspecified atom stereocenters. The van der Waals surface area contributed by atoms with Crippen LogP contribution >= 0.6 is 0 Å². The van der Waals surface area contributed by atoms with Gasteiger partial charge in [-0.25, -0.2) is 0 Å². The second-order valence-electron chi connectivity index (χ2n) is 6.92. The lowest BCUT2D eigenvalue weighted by atomic mass is 9.92. The number of allylic oxidation sites excluding steroid dienone is 2. The van der Waals surface area contributed by atoms with Gasteiger partial charge >= 0.3 is 0 Å². The fourth-order valence-electron chi connectivity index (χ4n) is 3.07. The minimum Gasteiger partial charge on any atom is -0.461 e. The number of unbranched alkanes of at least 4 members (excludes halogenated alkanes) is 4. The first-order valence-electron chi connectivity index (χ1n) is 9.06. The van der Waals surface area contributed by atoms with E-state index in [2.05, 4.69) is 32.9 Å². The Kier molecular flexibility index (Phi) is 6.44. The minimum atomic E-state index is 0.264. The zero-order valence-electron chi connectivity index (χ0n) is 15.1. The van der Waals surface area contributed by atoms with Gasteiger partial charge in [-0.3, -0.25) is 4.79 Å². The number of hydrogen-bond donors (Lipinski definition) is 0. The van der Waals surface area contributed by atoms with Gasteiger partial charge in [0.1, 0.15) is 11.5 Å². The van der Waals surface area contributed by atoms with Crippen molar-refractivity contribution in [2.75, 3.05) is 0 Å². The summed E-state index contributed by atoms with van der Waals surface area (Å²) >= 11 is 0. The van der Waals surface area contributed by atoms with Crippen molar-refractivity contribution < 1.29 is 9.53 Å². The predicted octanol–water partition coefficient (Wildman–Crippen LogP) is 5.95. The molecule has 0 aromatic heterocycles. The Morgan fingerprint density at radius 1 is 1.17 bits per heavy atom. The fourth-order valence-corrected chi connectivity index (χ4v) is 3.07. The molecule has 0 saturated heterocycles. The molecule has 0 N–H and O–H groups in total.